The molecule has 78 valence electrons. The van der Waals surface area contributed by atoms with Gasteiger partial charge in [0, 0.05) is 12.3 Å². The fourth-order valence-corrected chi connectivity index (χ4v) is 1.67. The molecule has 1 atom stereocenters. The lowest BCUT2D eigenvalue weighted by Gasteiger charge is -2.11. The van der Waals surface area contributed by atoms with Crippen molar-refractivity contribution in [3.05, 3.63) is 0 Å². The molecule has 1 fully saturated rings. The Bertz CT molecular complexity index is 244. The van der Waals surface area contributed by atoms with Gasteiger partial charge in [0.25, 0.3) is 0 Å². The van der Waals surface area contributed by atoms with Gasteiger partial charge < -0.3 is 0 Å². The number of hydrogen-bond donors (Lipinski definition) is 1. The lowest BCUT2D eigenvalue weighted by molar-refractivity contribution is 0.533. The maximum atomic E-state index is 8.51. The summed E-state index contributed by atoms with van der Waals surface area (Å²) in [6.07, 6.45) is 4.67. The van der Waals surface area contributed by atoms with Gasteiger partial charge in [-0.25, -0.2) is 0 Å². The van der Waals surface area contributed by atoms with Gasteiger partial charge >= 0.3 is 0 Å². The number of nitrogens with zero attached hydrogens (tertiary/aromatic N) is 2. The molecule has 0 aromatic heterocycles. The first-order chi connectivity index (χ1) is 6.66. The monoisotopic (exact) mass is 193 g/mol. The van der Waals surface area contributed by atoms with Crippen LogP contribution in [0.25, 0.3) is 0 Å². The molecule has 0 bridgehead atoms. The quantitative estimate of drug-likeness (QED) is 0.638. The highest BCUT2D eigenvalue weighted by atomic mass is 15.0. The largest absolute Gasteiger partial charge is 0.300 e. The van der Waals surface area contributed by atoms with Gasteiger partial charge in [-0.05, 0) is 46.1 Å². The molecule has 0 radical (unpaired) electrons. The van der Waals surface area contributed by atoms with E-state index in [0.29, 0.717) is 0 Å². The van der Waals surface area contributed by atoms with Crippen LogP contribution in [0.3, 0.4) is 0 Å². The number of nitriles is 1. The number of aliphatic imine (C=N–C) groups is 1. The van der Waals surface area contributed by atoms with Gasteiger partial charge in [0.1, 0.15) is 5.54 Å². The van der Waals surface area contributed by atoms with Gasteiger partial charge in [-0.3, -0.25) is 10.3 Å². The van der Waals surface area contributed by atoms with Crippen LogP contribution >= 0.6 is 0 Å². The van der Waals surface area contributed by atoms with E-state index < -0.39 is 0 Å². The molecule has 1 saturated heterocycles. The SMILES string of the molecule is CC1(C#N)CCCN1.CC1=NCCC1. The van der Waals surface area contributed by atoms with Gasteiger partial charge in [-0.15, -0.1) is 0 Å². The Balaban J connectivity index is 0.000000146. The van der Waals surface area contributed by atoms with Crippen molar-refractivity contribution < 1.29 is 0 Å². The fraction of sp³-hybridized carbons (Fsp3) is 0.818. The maximum Gasteiger partial charge on any atom is 0.103 e. The van der Waals surface area contributed by atoms with Crippen LogP contribution in [0.5, 0.6) is 0 Å². The van der Waals surface area contributed by atoms with Crippen LogP contribution in [-0.4, -0.2) is 24.3 Å². The summed E-state index contributed by atoms with van der Waals surface area (Å²) in [4.78, 5) is 4.15. The highest BCUT2D eigenvalue weighted by Crippen LogP contribution is 2.16. The molecule has 1 unspecified atom stereocenters. The molecule has 1 N–H and O–H groups in total. The van der Waals surface area contributed by atoms with Crippen LogP contribution in [0.2, 0.25) is 0 Å². The number of rotatable bonds is 0. The molecule has 2 rings (SSSR count). The average Bonchev–Trinajstić information content (AvgIpc) is 2.79. The summed E-state index contributed by atoms with van der Waals surface area (Å²) in [7, 11) is 0. The van der Waals surface area contributed by atoms with Gasteiger partial charge in [0.05, 0.1) is 6.07 Å². The predicted molar refractivity (Wildman–Crippen MR) is 58.5 cm³/mol. The molecule has 3 nitrogen and oxygen atoms in total. The predicted octanol–water partition coefficient (Wildman–Crippen LogP) is 1.89. The number of nitrogens with one attached hydrogen (secondary N) is 1. The Kier molecular flexibility index (Phi) is 4.09. The van der Waals surface area contributed by atoms with E-state index in [4.69, 9.17) is 5.26 Å². The van der Waals surface area contributed by atoms with Crippen molar-refractivity contribution in [2.24, 2.45) is 4.99 Å². The Morgan fingerprint density at radius 2 is 2.29 bits per heavy atom. The summed E-state index contributed by atoms with van der Waals surface area (Å²) in [6, 6.07) is 2.23. The van der Waals surface area contributed by atoms with Crippen molar-refractivity contribution >= 4 is 5.71 Å². The zero-order valence-corrected chi connectivity index (χ0v) is 9.14. The highest BCUT2D eigenvalue weighted by Gasteiger charge is 2.26. The zero-order chi connectivity index (χ0) is 10.4. The van der Waals surface area contributed by atoms with E-state index in [1.807, 2.05) is 6.92 Å². The Labute approximate surface area is 86.2 Å². The third-order valence-electron chi connectivity index (χ3n) is 2.69. The molecule has 0 aliphatic carbocycles. The summed E-state index contributed by atoms with van der Waals surface area (Å²) in [5, 5.41) is 11.6. The fourth-order valence-electron chi connectivity index (χ4n) is 1.67. The van der Waals surface area contributed by atoms with E-state index in [1.165, 1.54) is 18.6 Å². The Hall–Kier alpha value is -0.880. The highest BCUT2D eigenvalue weighted by molar-refractivity contribution is 5.83. The van der Waals surface area contributed by atoms with E-state index in [2.05, 4.69) is 23.3 Å². The molecule has 0 aromatic carbocycles. The minimum absolute atomic E-state index is 0.208. The summed E-state index contributed by atoms with van der Waals surface area (Å²) >= 11 is 0. The van der Waals surface area contributed by atoms with E-state index in [-0.39, 0.29) is 5.54 Å². The second-order valence-corrected chi connectivity index (χ2v) is 4.19. The van der Waals surface area contributed by atoms with Crippen molar-refractivity contribution in [1.82, 2.24) is 5.32 Å². The number of hydrogen-bond acceptors (Lipinski definition) is 3. The van der Waals surface area contributed by atoms with Crippen molar-refractivity contribution in [3.8, 4) is 6.07 Å². The third kappa shape index (κ3) is 3.47. The molecule has 0 saturated carbocycles. The van der Waals surface area contributed by atoms with Crippen molar-refractivity contribution in [2.75, 3.05) is 13.1 Å². The molecule has 3 heteroatoms. The van der Waals surface area contributed by atoms with Crippen LogP contribution in [0.15, 0.2) is 4.99 Å². The molecule has 14 heavy (non-hydrogen) atoms. The van der Waals surface area contributed by atoms with Gasteiger partial charge in [-0.1, -0.05) is 0 Å². The molecule has 2 aliphatic rings. The molecule has 2 heterocycles. The van der Waals surface area contributed by atoms with Crippen molar-refractivity contribution in [3.63, 3.8) is 0 Å². The summed E-state index contributed by atoms with van der Waals surface area (Å²) < 4.78 is 0. The molecule has 0 spiro atoms. The lowest BCUT2D eigenvalue weighted by atomic mass is 10.0. The zero-order valence-electron chi connectivity index (χ0n) is 9.14. The van der Waals surface area contributed by atoms with Crippen LogP contribution in [-0.2, 0) is 0 Å². The van der Waals surface area contributed by atoms with Gasteiger partial charge in [0.2, 0.25) is 0 Å². The smallest absolute Gasteiger partial charge is 0.103 e. The summed E-state index contributed by atoms with van der Waals surface area (Å²) in [6.45, 7) is 6.11. The third-order valence-corrected chi connectivity index (χ3v) is 2.69. The van der Waals surface area contributed by atoms with Crippen LogP contribution < -0.4 is 5.32 Å². The van der Waals surface area contributed by atoms with E-state index in [0.717, 1.165) is 25.9 Å². The normalized spacial score (nSPS) is 30.2. The topological polar surface area (TPSA) is 48.2 Å². The molecule has 0 aromatic rings. The first kappa shape index (κ1) is 11.2. The first-order valence-corrected chi connectivity index (χ1v) is 5.32. The maximum absolute atomic E-state index is 8.51. The molecule has 2 aliphatic heterocycles. The minimum Gasteiger partial charge on any atom is -0.300 e. The standard InChI is InChI=1S/C6H10N2.C5H9N/c1-6(5-7)3-2-4-8-6;1-5-3-2-4-6-5/h8H,2-4H2,1H3;2-4H2,1H3. The molecular weight excluding hydrogens is 174 g/mol. The van der Waals surface area contributed by atoms with Crippen LogP contribution in [0.1, 0.15) is 39.5 Å². The van der Waals surface area contributed by atoms with E-state index >= 15 is 0 Å². The summed E-state index contributed by atoms with van der Waals surface area (Å²) in [5.74, 6) is 0. The van der Waals surface area contributed by atoms with E-state index in [9.17, 15) is 0 Å². The summed E-state index contributed by atoms with van der Waals surface area (Å²) in [5.41, 5.74) is 1.12. The average molecular weight is 193 g/mol. The minimum atomic E-state index is -0.208. The Morgan fingerprint density at radius 1 is 1.50 bits per heavy atom. The lowest BCUT2D eigenvalue weighted by Crippen LogP contribution is -2.33. The van der Waals surface area contributed by atoms with E-state index in [1.54, 1.807) is 0 Å². The Morgan fingerprint density at radius 3 is 2.50 bits per heavy atom. The van der Waals surface area contributed by atoms with Gasteiger partial charge in [-0.2, -0.15) is 5.26 Å². The second kappa shape index (κ2) is 5.11. The van der Waals surface area contributed by atoms with Crippen molar-refractivity contribution in [2.45, 2.75) is 45.1 Å². The van der Waals surface area contributed by atoms with Crippen LogP contribution in [0.4, 0.5) is 0 Å². The molecular formula is C11H19N3. The van der Waals surface area contributed by atoms with Crippen molar-refractivity contribution in [1.29, 1.82) is 5.26 Å². The first-order valence-electron chi connectivity index (χ1n) is 5.32. The van der Waals surface area contributed by atoms with Gasteiger partial charge in [0.15, 0.2) is 0 Å². The van der Waals surface area contributed by atoms with Crippen LogP contribution in [0, 0.1) is 11.3 Å². The molecule has 0 amide bonds. The second-order valence-electron chi connectivity index (χ2n) is 4.19.